The van der Waals surface area contributed by atoms with E-state index in [-0.39, 0.29) is 11.5 Å². The van der Waals surface area contributed by atoms with E-state index in [0.717, 1.165) is 17.1 Å². The molecule has 2 rings (SSSR count). The van der Waals surface area contributed by atoms with Crippen LogP contribution in [0.1, 0.15) is 43.8 Å². The van der Waals surface area contributed by atoms with Gasteiger partial charge in [-0.2, -0.15) is 0 Å². The van der Waals surface area contributed by atoms with Crippen LogP contribution in [0.2, 0.25) is 0 Å². The minimum Gasteiger partial charge on any atom is -0.481 e. The normalized spacial score (nSPS) is 13.2. The molecule has 0 radical (unpaired) electrons. The zero-order valence-electron chi connectivity index (χ0n) is 12.6. The molecule has 1 aromatic heterocycles. The maximum absolute atomic E-state index is 5.99. The summed E-state index contributed by atoms with van der Waals surface area (Å²) in [5.74, 6) is 1.61. The first-order valence-electron chi connectivity index (χ1n) is 6.93. The van der Waals surface area contributed by atoms with Crippen molar-refractivity contribution in [2.75, 3.05) is 6.54 Å². The molecular formula is C17H23NO2. The van der Waals surface area contributed by atoms with Crippen molar-refractivity contribution in [3.63, 3.8) is 0 Å². The number of benzene rings is 1. The first-order valence-corrected chi connectivity index (χ1v) is 6.93. The first-order chi connectivity index (χ1) is 9.41. The fourth-order valence-electron chi connectivity index (χ4n) is 2.10. The number of hydrogen-bond donors (Lipinski definition) is 1. The van der Waals surface area contributed by atoms with Crippen LogP contribution in [0.4, 0.5) is 0 Å². The molecule has 1 heterocycles. The van der Waals surface area contributed by atoms with Crippen LogP contribution in [-0.4, -0.2) is 6.54 Å². The van der Waals surface area contributed by atoms with Crippen LogP contribution in [0.5, 0.6) is 5.75 Å². The molecule has 0 bridgehead atoms. The molecule has 0 saturated carbocycles. The van der Waals surface area contributed by atoms with Crippen molar-refractivity contribution >= 4 is 0 Å². The Hall–Kier alpha value is -1.74. The molecule has 1 unspecified atom stereocenters. The summed E-state index contributed by atoms with van der Waals surface area (Å²) in [6.45, 7) is 9.05. The van der Waals surface area contributed by atoms with Crippen molar-refractivity contribution in [3.05, 3.63) is 53.5 Å². The Morgan fingerprint density at radius 2 is 2.00 bits per heavy atom. The molecule has 1 aromatic carbocycles. The Morgan fingerprint density at radius 1 is 1.25 bits per heavy atom. The van der Waals surface area contributed by atoms with Gasteiger partial charge in [-0.1, -0.05) is 32.9 Å². The molecule has 2 aromatic rings. The minimum absolute atomic E-state index is 0.136. The molecule has 3 nitrogen and oxygen atoms in total. The topological polar surface area (TPSA) is 48.4 Å². The number of nitrogens with two attached hydrogens (primary N) is 1. The van der Waals surface area contributed by atoms with Crippen LogP contribution in [0.25, 0.3) is 0 Å². The molecule has 2 N–H and O–H groups in total. The molecule has 0 spiro atoms. The predicted octanol–water partition coefficient (Wildman–Crippen LogP) is 3.96. The highest BCUT2D eigenvalue weighted by molar-refractivity contribution is 5.39. The fourth-order valence-corrected chi connectivity index (χ4v) is 2.10. The highest BCUT2D eigenvalue weighted by atomic mass is 16.5. The molecule has 0 aliphatic heterocycles. The SMILES string of the molecule is Cc1cc(C(C)(C)C)ccc1OC(CN)c1ccco1. The number of hydrogen-bond acceptors (Lipinski definition) is 3. The number of ether oxygens (including phenoxy) is 1. The van der Waals surface area contributed by atoms with Gasteiger partial charge in [0.1, 0.15) is 11.5 Å². The predicted molar refractivity (Wildman–Crippen MR) is 81.0 cm³/mol. The van der Waals surface area contributed by atoms with Crippen molar-refractivity contribution in [2.24, 2.45) is 5.73 Å². The smallest absolute Gasteiger partial charge is 0.168 e. The van der Waals surface area contributed by atoms with E-state index in [1.165, 1.54) is 5.56 Å². The van der Waals surface area contributed by atoms with E-state index < -0.39 is 0 Å². The van der Waals surface area contributed by atoms with Crippen LogP contribution in [0.3, 0.4) is 0 Å². The fraction of sp³-hybridized carbons (Fsp3) is 0.412. The third-order valence-corrected chi connectivity index (χ3v) is 3.38. The minimum atomic E-state index is -0.246. The zero-order chi connectivity index (χ0) is 14.8. The Morgan fingerprint density at radius 3 is 2.50 bits per heavy atom. The van der Waals surface area contributed by atoms with Crippen LogP contribution in [-0.2, 0) is 5.41 Å². The van der Waals surface area contributed by atoms with Crippen molar-refractivity contribution in [1.82, 2.24) is 0 Å². The molecule has 0 saturated heterocycles. The van der Waals surface area contributed by atoms with Crippen LogP contribution < -0.4 is 10.5 Å². The van der Waals surface area contributed by atoms with Crippen LogP contribution >= 0.6 is 0 Å². The second-order valence-electron chi connectivity index (χ2n) is 6.09. The largest absolute Gasteiger partial charge is 0.481 e. The maximum Gasteiger partial charge on any atom is 0.168 e. The summed E-state index contributed by atoms with van der Waals surface area (Å²) in [6.07, 6.45) is 1.39. The van der Waals surface area contributed by atoms with E-state index in [2.05, 4.69) is 39.8 Å². The molecule has 0 aliphatic carbocycles. The summed E-state index contributed by atoms with van der Waals surface area (Å²) < 4.78 is 11.4. The number of furan rings is 1. The second-order valence-corrected chi connectivity index (χ2v) is 6.09. The highest BCUT2D eigenvalue weighted by Crippen LogP contribution is 2.30. The van der Waals surface area contributed by atoms with Crippen molar-refractivity contribution in [2.45, 2.75) is 39.2 Å². The second kappa shape index (κ2) is 5.71. The van der Waals surface area contributed by atoms with E-state index >= 15 is 0 Å². The maximum atomic E-state index is 5.99. The summed E-state index contributed by atoms with van der Waals surface area (Å²) >= 11 is 0. The van der Waals surface area contributed by atoms with Gasteiger partial charge in [0, 0.05) is 6.54 Å². The average Bonchev–Trinajstić information content (AvgIpc) is 2.90. The summed E-state index contributed by atoms with van der Waals surface area (Å²) in [5.41, 5.74) is 8.32. The zero-order valence-corrected chi connectivity index (χ0v) is 12.6. The average molecular weight is 273 g/mol. The van der Waals surface area contributed by atoms with Gasteiger partial charge in [0.05, 0.1) is 6.26 Å². The molecule has 0 aliphatic rings. The van der Waals surface area contributed by atoms with E-state index in [4.69, 9.17) is 14.9 Å². The summed E-state index contributed by atoms with van der Waals surface area (Å²) in [6, 6.07) is 10.0. The lowest BCUT2D eigenvalue weighted by Crippen LogP contribution is -2.18. The van der Waals surface area contributed by atoms with E-state index in [0.29, 0.717) is 6.54 Å². The van der Waals surface area contributed by atoms with Gasteiger partial charge < -0.3 is 14.9 Å². The number of aryl methyl sites for hydroxylation is 1. The standard InChI is InChI=1S/C17H23NO2/c1-12-10-13(17(2,3)4)7-8-14(12)20-16(11-18)15-6-5-9-19-15/h5-10,16H,11,18H2,1-4H3. The summed E-state index contributed by atoms with van der Waals surface area (Å²) in [5, 5.41) is 0. The molecular weight excluding hydrogens is 250 g/mol. The lowest BCUT2D eigenvalue weighted by molar-refractivity contribution is 0.183. The lowest BCUT2D eigenvalue weighted by atomic mass is 9.86. The van der Waals surface area contributed by atoms with Crippen LogP contribution in [0.15, 0.2) is 41.0 Å². The van der Waals surface area contributed by atoms with Crippen LogP contribution in [0, 0.1) is 6.92 Å². The third-order valence-electron chi connectivity index (χ3n) is 3.38. The van der Waals surface area contributed by atoms with Gasteiger partial charge in [-0.15, -0.1) is 0 Å². The van der Waals surface area contributed by atoms with Gasteiger partial charge in [0.15, 0.2) is 6.10 Å². The summed E-state index contributed by atoms with van der Waals surface area (Å²) in [4.78, 5) is 0. The molecule has 3 heteroatoms. The Labute approximate surface area is 120 Å². The Balaban J connectivity index is 2.21. The highest BCUT2D eigenvalue weighted by Gasteiger charge is 2.18. The van der Waals surface area contributed by atoms with Gasteiger partial charge in [-0.3, -0.25) is 0 Å². The van der Waals surface area contributed by atoms with Crippen molar-refractivity contribution in [3.8, 4) is 5.75 Å². The van der Waals surface area contributed by atoms with Gasteiger partial charge in [0.25, 0.3) is 0 Å². The van der Waals surface area contributed by atoms with E-state index in [9.17, 15) is 0 Å². The van der Waals surface area contributed by atoms with E-state index in [1.54, 1.807) is 6.26 Å². The third kappa shape index (κ3) is 3.23. The lowest BCUT2D eigenvalue weighted by Gasteiger charge is -2.22. The van der Waals surface area contributed by atoms with Crippen molar-refractivity contribution < 1.29 is 9.15 Å². The molecule has 20 heavy (non-hydrogen) atoms. The monoisotopic (exact) mass is 273 g/mol. The van der Waals surface area contributed by atoms with Crippen molar-refractivity contribution in [1.29, 1.82) is 0 Å². The molecule has 0 amide bonds. The van der Waals surface area contributed by atoms with Gasteiger partial charge in [-0.05, 0) is 41.7 Å². The van der Waals surface area contributed by atoms with Gasteiger partial charge in [0.2, 0.25) is 0 Å². The van der Waals surface area contributed by atoms with Gasteiger partial charge >= 0.3 is 0 Å². The molecule has 108 valence electrons. The first kappa shape index (κ1) is 14.7. The molecule has 1 atom stereocenters. The molecule has 0 fully saturated rings. The quantitative estimate of drug-likeness (QED) is 0.917. The number of rotatable bonds is 4. The Kier molecular flexibility index (Phi) is 4.19. The van der Waals surface area contributed by atoms with E-state index in [1.807, 2.05) is 18.2 Å². The Bertz CT molecular complexity index is 553. The summed E-state index contributed by atoms with van der Waals surface area (Å²) in [7, 11) is 0. The van der Waals surface area contributed by atoms with Gasteiger partial charge in [-0.25, -0.2) is 0 Å².